The number of benzene rings is 5. The van der Waals surface area contributed by atoms with Gasteiger partial charge in [0.2, 0.25) is 0 Å². The first-order chi connectivity index (χ1) is 22.7. The van der Waals surface area contributed by atoms with Crippen LogP contribution in [0.5, 0.6) is 0 Å². The van der Waals surface area contributed by atoms with Crippen molar-refractivity contribution in [2.45, 2.75) is 105 Å². The van der Waals surface area contributed by atoms with E-state index in [1.54, 1.807) is 0 Å². The van der Waals surface area contributed by atoms with E-state index in [1.807, 2.05) is 0 Å². The lowest BCUT2D eigenvalue weighted by Gasteiger charge is -2.33. The minimum atomic E-state index is -0.00643. The standard InChI is InChI=1S/C46H55ClN2/c1-43(2,3)32-18-13-22-36(28-32)48(37-23-14-19-33(29-37)44(4,5)6)40-26-17-27-41(42(40)47)49(38-24-15-20-34(30-38)45(7,8)9)39-25-16-21-35(31-39)46(10,11)12/h13-31H,1-12H3. The maximum atomic E-state index is 7.73. The predicted molar refractivity (Wildman–Crippen MR) is 216 cm³/mol. The summed E-state index contributed by atoms with van der Waals surface area (Å²) in [5.74, 6) is 0. The molecular weight excluding hydrogens is 616 g/mol. The Morgan fingerprint density at radius 3 is 0.796 bits per heavy atom. The highest BCUT2D eigenvalue weighted by atomic mass is 35.5. The second-order valence-electron chi connectivity index (χ2n) is 17.5. The van der Waals surface area contributed by atoms with E-state index in [9.17, 15) is 0 Å². The fourth-order valence-corrected chi connectivity index (χ4v) is 6.45. The van der Waals surface area contributed by atoms with E-state index in [0.29, 0.717) is 5.02 Å². The minimum Gasteiger partial charge on any atom is -0.309 e. The van der Waals surface area contributed by atoms with E-state index < -0.39 is 0 Å². The van der Waals surface area contributed by atoms with Crippen LogP contribution in [0.4, 0.5) is 34.1 Å². The van der Waals surface area contributed by atoms with Crippen molar-refractivity contribution in [3.63, 3.8) is 0 Å². The molecule has 0 atom stereocenters. The van der Waals surface area contributed by atoms with Crippen LogP contribution in [0.15, 0.2) is 115 Å². The van der Waals surface area contributed by atoms with Crippen molar-refractivity contribution in [1.29, 1.82) is 0 Å². The van der Waals surface area contributed by atoms with Crippen molar-refractivity contribution in [2.75, 3.05) is 9.80 Å². The number of rotatable bonds is 6. The molecule has 0 aliphatic heterocycles. The molecule has 0 N–H and O–H groups in total. The number of nitrogens with zero attached hydrogens (tertiary/aromatic N) is 2. The average molecular weight is 671 g/mol. The van der Waals surface area contributed by atoms with Crippen LogP contribution in [0.1, 0.15) is 105 Å². The Morgan fingerprint density at radius 1 is 0.347 bits per heavy atom. The highest BCUT2D eigenvalue weighted by Crippen LogP contribution is 2.48. The highest BCUT2D eigenvalue weighted by molar-refractivity contribution is 6.36. The van der Waals surface area contributed by atoms with Gasteiger partial charge in [-0.05, 0) is 105 Å². The van der Waals surface area contributed by atoms with Crippen LogP contribution in [0, 0.1) is 0 Å². The molecule has 0 fully saturated rings. The lowest BCUT2D eigenvalue weighted by molar-refractivity contribution is 0.589. The largest absolute Gasteiger partial charge is 0.309 e. The van der Waals surface area contributed by atoms with Gasteiger partial charge in [0.25, 0.3) is 0 Å². The SMILES string of the molecule is CC(C)(C)c1cccc(N(c2cccc(C(C)(C)C)c2)c2cccc(N(c3cccc(C(C)(C)C)c3)c3cccc(C(C)(C)C)c3)c2Cl)c1. The van der Waals surface area contributed by atoms with Crippen LogP contribution >= 0.6 is 11.6 Å². The van der Waals surface area contributed by atoms with E-state index >= 15 is 0 Å². The van der Waals surface area contributed by atoms with Crippen LogP contribution in [-0.2, 0) is 21.7 Å². The quantitative estimate of drug-likeness (QED) is 0.177. The molecule has 0 spiro atoms. The topological polar surface area (TPSA) is 6.48 Å². The van der Waals surface area contributed by atoms with Crippen molar-refractivity contribution >= 4 is 45.7 Å². The van der Waals surface area contributed by atoms with E-state index in [2.05, 4.69) is 208 Å². The molecule has 2 nitrogen and oxygen atoms in total. The molecule has 0 aliphatic carbocycles. The van der Waals surface area contributed by atoms with Crippen molar-refractivity contribution in [3.8, 4) is 0 Å². The van der Waals surface area contributed by atoms with Gasteiger partial charge in [-0.15, -0.1) is 0 Å². The molecular formula is C46H55ClN2. The van der Waals surface area contributed by atoms with Gasteiger partial charge in [-0.2, -0.15) is 0 Å². The molecule has 0 radical (unpaired) electrons. The predicted octanol–water partition coefficient (Wildman–Crippen LogP) is 14.5. The monoisotopic (exact) mass is 670 g/mol. The number of anilines is 6. The maximum Gasteiger partial charge on any atom is 0.0887 e. The molecule has 0 saturated heterocycles. The summed E-state index contributed by atoms with van der Waals surface area (Å²) in [7, 11) is 0. The van der Waals surface area contributed by atoms with E-state index in [-0.39, 0.29) is 21.7 Å². The van der Waals surface area contributed by atoms with Gasteiger partial charge in [0.1, 0.15) is 0 Å². The van der Waals surface area contributed by atoms with Gasteiger partial charge in [0, 0.05) is 22.7 Å². The lowest BCUT2D eigenvalue weighted by atomic mass is 9.86. The third kappa shape index (κ3) is 8.08. The first-order valence-corrected chi connectivity index (χ1v) is 17.9. The summed E-state index contributed by atoms with van der Waals surface area (Å²) in [6.45, 7) is 27.2. The van der Waals surface area contributed by atoms with E-state index in [4.69, 9.17) is 11.6 Å². The molecule has 0 amide bonds. The highest BCUT2D eigenvalue weighted by Gasteiger charge is 2.26. The van der Waals surface area contributed by atoms with Crippen LogP contribution in [-0.4, -0.2) is 0 Å². The Morgan fingerprint density at radius 2 is 0.571 bits per heavy atom. The zero-order chi connectivity index (χ0) is 35.9. The zero-order valence-electron chi connectivity index (χ0n) is 31.7. The number of hydrogen-bond acceptors (Lipinski definition) is 2. The smallest absolute Gasteiger partial charge is 0.0887 e. The molecule has 49 heavy (non-hydrogen) atoms. The Kier molecular flexibility index (Phi) is 9.90. The summed E-state index contributed by atoms with van der Waals surface area (Å²) in [6, 6.07) is 42.0. The van der Waals surface area contributed by atoms with Gasteiger partial charge >= 0.3 is 0 Å². The van der Waals surface area contributed by atoms with Crippen LogP contribution < -0.4 is 9.80 Å². The second-order valence-corrected chi connectivity index (χ2v) is 17.9. The summed E-state index contributed by atoms with van der Waals surface area (Å²) in [6.07, 6.45) is 0. The normalized spacial score (nSPS) is 12.6. The molecule has 0 unspecified atom stereocenters. The van der Waals surface area contributed by atoms with Crippen LogP contribution in [0.3, 0.4) is 0 Å². The third-order valence-corrected chi connectivity index (χ3v) is 9.71. The van der Waals surface area contributed by atoms with Crippen molar-refractivity contribution in [3.05, 3.63) is 143 Å². The molecule has 3 heteroatoms. The third-order valence-electron chi connectivity index (χ3n) is 9.32. The summed E-state index contributed by atoms with van der Waals surface area (Å²) in [5.41, 5.74) is 11.2. The average Bonchev–Trinajstić information content (AvgIpc) is 3.02. The Bertz CT molecular complexity index is 1670. The van der Waals surface area contributed by atoms with Gasteiger partial charge < -0.3 is 9.80 Å². The molecule has 0 aliphatic rings. The summed E-state index contributed by atoms with van der Waals surface area (Å²) < 4.78 is 0. The van der Waals surface area contributed by atoms with Gasteiger partial charge in [-0.3, -0.25) is 0 Å². The van der Waals surface area contributed by atoms with Gasteiger partial charge in [0.15, 0.2) is 0 Å². The van der Waals surface area contributed by atoms with E-state index in [0.717, 1.165) is 34.1 Å². The Labute approximate surface area is 301 Å². The first-order valence-electron chi connectivity index (χ1n) is 17.6. The summed E-state index contributed by atoms with van der Waals surface area (Å²) in [5, 5.41) is 0.687. The zero-order valence-corrected chi connectivity index (χ0v) is 32.5. The molecule has 0 bridgehead atoms. The number of hydrogen-bond donors (Lipinski definition) is 0. The van der Waals surface area contributed by atoms with Gasteiger partial charge in [0.05, 0.1) is 16.4 Å². The molecule has 0 heterocycles. The Balaban J connectivity index is 1.80. The van der Waals surface area contributed by atoms with Crippen LogP contribution in [0.25, 0.3) is 0 Å². The fourth-order valence-electron chi connectivity index (χ4n) is 6.15. The molecule has 0 aromatic heterocycles. The lowest BCUT2D eigenvalue weighted by Crippen LogP contribution is -2.18. The number of halogens is 1. The van der Waals surface area contributed by atoms with Crippen molar-refractivity contribution in [2.24, 2.45) is 0 Å². The first kappa shape index (κ1) is 36.3. The van der Waals surface area contributed by atoms with Crippen molar-refractivity contribution < 1.29 is 0 Å². The molecule has 5 rings (SSSR count). The van der Waals surface area contributed by atoms with E-state index in [1.165, 1.54) is 22.3 Å². The molecule has 0 saturated carbocycles. The summed E-state index contributed by atoms with van der Waals surface area (Å²) in [4.78, 5) is 4.65. The molecule has 256 valence electrons. The fraction of sp³-hybridized carbons (Fsp3) is 0.348. The second kappa shape index (κ2) is 13.4. The van der Waals surface area contributed by atoms with Gasteiger partial charge in [-0.25, -0.2) is 0 Å². The Hall–Kier alpha value is -4.01. The van der Waals surface area contributed by atoms with Crippen molar-refractivity contribution in [1.82, 2.24) is 0 Å². The minimum absolute atomic E-state index is 0.00643. The van der Waals surface area contributed by atoms with Crippen LogP contribution in [0.2, 0.25) is 5.02 Å². The molecule has 5 aromatic carbocycles. The van der Waals surface area contributed by atoms with Gasteiger partial charge in [-0.1, -0.05) is 149 Å². The summed E-state index contributed by atoms with van der Waals surface area (Å²) >= 11 is 7.73. The molecule has 5 aromatic rings. The maximum absolute atomic E-state index is 7.73.